The van der Waals surface area contributed by atoms with E-state index in [1.807, 2.05) is 108 Å². The fourth-order valence-corrected chi connectivity index (χ4v) is 10.7. The number of aryl methyl sites for hydroxylation is 4. The number of likely N-dealkylation sites (tertiary alicyclic amines) is 1. The van der Waals surface area contributed by atoms with Crippen LogP contribution in [-0.4, -0.2) is 99.9 Å². The second kappa shape index (κ2) is 24.2. The number of aromatic nitrogens is 1. The number of hydrogen-bond donors (Lipinski definition) is 6. The number of rotatable bonds is 20. The fourth-order valence-electron chi connectivity index (χ4n) is 9.90. The molecule has 0 saturated carbocycles. The van der Waals surface area contributed by atoms with Crippen molar-refractivity contribution in [2.24, 2.45) is 16.9 Å². The molecule has 388 valence electrons. The van der Waals surface area contributed by atoms with E-state index >= 15 is 0 Å². The van der Waals surface area contributed by atoms with Crippen LogP contribution in [0.15, 0.2) is 66.2 Å². The van der Waals surface area contributed by atoms with Gasteiger partial charge in [0.1, 0.15) is 30.5 Å². The zero-order valence-corrected chi connectivity index (χ0v) is 43.8. The van der Waals surface area contributed by atoms with E-state index in [0.29, 0.717) is 31.4 Å². The first-order chi connectivity index (χ1) is 33.8. The second-order valence-electron chi connectivity index (χ2n) is 20.6. The van der Waals surface area contributed by atoms with E-state index in [1.54, 1.807) is 16.2 Å². The monoisotopic (exact) mass is 1030 g/mol. The number of nitrogens with one attached hydrogen (secondary N) is 3. The number of β-amino-alcohol motifs (C(OH)–C–C–N with tert-alkyl or cyclic N) is 1. The molecule has 4 heterocycles. The summed E-state index contributed by atoms with van der Waals surface area (Å²) < 4.78 is 6.23. The quantitative estimate of drug-likeness (QED) is 0.0592. The zero-order chi connectivity index (χ0) is 51.1. The van der Waals surface area contributed by atoms with Crippen LogP contribution in [0.3, 0.4) is 0 Å². The number of carbonyl (C=O) groups excluding carboxylic acids is 6. The number of thiazole rings is 1. The van der Waals surface area contributed by atoms with Crippen LogP contribution in [0.4, 0.5) is 5.69 Å². The molecule has 1 aromatic heterocycles. The van der Waals surface area contributed by atoms with Crippen molar-refractivity contribution in [3.05, 3.63) is 99.7 Å². The number of aliphatic hydroxyl groups excluding tert-OH is 1. The lowest BCUT2D eigenvalue weighted by atomic mass is 9.85. The standard InChI is InChI=1S/C54H70N8O8S.ClH/c1-31-15-22-41(70-29-39(21-24-45(56)64)59-51(67)44-26-38-13-10-12-35-20-23-42(55)52(68)62(44)47(35)38)25-37(31)11-8-7-9-14-46(65)60-49(54(4,5)6)53(69)61-28-40(63)27-43(61)50(66)58-32(2)34-16-18-36(19-17-34)48-33(3)57-30-71-48;/h10,12-13,15-19,22,25,30,32,39-40,42-44,49,63H,7-9,11,14,20-21,23-24,26-29,55H2,1-6H3,(H2,56,64)(H,58,66)(H,59,67)(H,60,65);1H/t32-,39-,40+,42-,43-,44-,49+;/m0./s1. The second-order valence-corrected chi connectivity index (χ2v) is 21.4. The first kappa shape index (κ1) is 55.4. The van der Waals surface area contributed by atoms with Crippen LogP contribution < -0.4 is 37.1 Å². The van der Waals surface area contributed by atoms with Crippen molar-refractivity contribution in [2.45, 2.75) is 155 Å². The Bertz CT molecular complexity index is 2600. The van der Waals surface area contributed by atoms with E-state index in [9.17, 15) is 33.9 Å². The van der Waals surface area contributed by atoms with Gasteiger partial charge in [0, 0.05) is 32.2 Å². The number of nitrogens with two attached hydrogens (primary N) is 2. The summed E-state index contributed by atoms with van der Waals surface area (Å²) in [4.78, 5) is 89.0. The van der Waals surface area contributed by atoms with Gasteiger partial charge in [-0.3, -0.25) is 33.7 Å². The molecule has 18 heteroatoms. The lowest BCUT2D eigenvalue weighted by Crippen LogP contribution is -2.57. The molecule has 72 heavy (non-hydrogen) atoms. The predicted octanol–water partition coefficient (Wildman–Crippen LogP) is 5.68. The van der Waals surface area contributed by atoms with Gasteiger partial charge < -0.3 is 42.2 Å². The number of unbranched alkanes of at least 4 members (excludes halogenated alkanes) is 2. The van der Waals surface area contributed by atoms with E-state index in [2.05, 4.69) is 20.9 Å². The number of carbonyl (C=O) groups is 6. The van der Waals surface area contributed by atoms with E-state index < -0.39 is 53.5 Å². The maximum absolute atomic E-state index is 14.2. The van der Waals surface area contributed by atoms with Gasteiger partial charge in [0.15, 0.2) is 0 Å². The normalized spacial score (nSPS) is 19.6. The number of hydrogen-bond acceptors (Lipinski definition) is 11. The number of nitrogens with zero attached hydrogens (tertiary/aromatic N) is 3. The van der Waals surface area contributed by atoms with E-state index in [-0.39, 0.29) is 80.9 Å². The summed E-state index contributed by atoms with van der Waals surface area (Å²) in [7, 11) is 0. The molecule has 16 nitrogen and oxygen atoms in total. The average molecular weight is 1030 g/mol. The van der Waals surface area contributed by atoms with Crippen molar-refractivity contribution in [3.63, 3.8) is 0 Å². The van der Waals surface area contributed by atoms with Crippen LogP contribution in [-0.2, 0) is 48.0 Å². The first-order valence-electron chi connectivity index (χ1n) is 24.9. The molecule has 3 aliphatic rings. The number of benzene rings is 3. The van der Waals surface area contributed by atoms with Gasteiger partial charge in [0.2, 0.25) is 35.4 Å². The molecule has 4 aromatic rings. The van der Waals surface area contributed by atoms with Crippen LogP contribution in [0.2, 0.25) is 0 Å². The number of ether oxygens (including phenoxy) is 1. The summed E-state index contributed by atoms with van der Waals surface area (Å²) >= 11 is 1.57. The van der Waals surface area contributed by atoms with Crippen LogP contribution in [0.25, 0.3) is 10.4 Å². The summed E-state index contributed by atoms with van der Waals surface area (Å²) in [5, 5.41) is 19.8. The Hall–Kier alpha value is -5.88. The van der Waals surface area contributed by atoms with Gasteiger partial charge in [-0.25, -0.2) is 4.98 Å². The molecule has 1 fully saturated rings. The summed E-state index contributed by atoms with van der Waals surface area (Å²) in [5.74, 6) is -1.57. The molecule has 7 atom stereocenters. The summed E-state index contributed by atoms with van der Waals surface area (Å²) in [5.41, 5.74) is 20.6. The van der Waals surface area contributed by atoms with E-state index in [1.165, 1.54) is 4.90 Å². The molecule has 0 aliphatic carbocycles. The van der Waals surface area contributed by atoms with Crippen molar-refractivity contribution in [1.29, 1.82) is 0 Å². The minimum atomic E-state index is -0.921. The predicted molar refractivity (Wildman–Crippen MR) is 281 cm³/mol. The molecule has 0 bridgehead atoms. The van der Waals surface area contributed by atoms with Crippen molar-refractivity contribution in [1.82, 2.24) is 25.8 Å². The number of primary amides is 1. The Balaban J connectivity index is 0.00000847. The third kappa shape index (κ3) is 13.4. The van der Waals surface area contributed by atoms with Crippen LogP contribution in [0.5, 0.6) is 5.75 Å². The molecule has 8 N–H and O–H groups in total. The smallest absolute Gasteiger partial charge is 0.246 e. The summed E-state index contributed by atoms with van der Waals surface area (Å²) in [6, 6.07) is 15.4. The summed E-state index contributed by atoms with van der Waals surface area (Å²) in [6.45, 7) is 11.5. The largest absolute Gasteiger partial charge is 0.491 e. The van der Waals surface area contributed by atoms with Crippen LogP contribution in [0, 0.1) is 19.3 Å². The fraction of sp³-hybridized carbons (Fsp3) is 0.500. The number of aliphatic hydroxyl groups is 1. The Labute approximate surface area is 432 Å². The maximum Gasteiger partial charge on any atom is 0.246 e. The van der Waals surface area contributed by atoms with E-state index in [4.69, 9.17) is 16.2 Å². The van der Waals surface area contributed by atoms with Gasteiger partial charge in [-0.05, 0) is 110 Å². The van der Waals surface area contributed by atoms with Gasteiger partial charge in [-0.15, -0.1) is 23.7 Å². The van der Waals surface area contributed by atoms with Crippen LogP contribution in [0.1, 0.15) is 119 Å². The molecular weight excluding hydrogens is 956 g/mol. The first-order valence-corrected chi connectivity index (χ1v) is 25.8. The van der Waals surface area contributed by atoms with Crippen molar-refractivity contribution in [2.75, 3.05) is 18.1 Å². The minimum absolute atomic E-state index is 0. The highest BCUT2D eigenvalue weighted by Crippen LogP contribution is 2.39. The van der Waals surface area contributed by atoms with Gasteiger partial charge in [0.25, 0.3) is 0 Å². The zero-order valence-electron chi connectivity index (χ0n) is 42.2. The Morgan fingerprint density at radius 3 is 2.35 bits per heavy atom. The number of amides is 6. The molecule has 6 amide bonds. The molecule has 7 rings (SSSR count). The number of para-hydroxylation sites is 1. The van der Waals surface area contributed by atoms with Crippen molar-refractivity contribution < 1.29 is 38.6 Å². The van der Waals surface area contributed by atoms with Gasteiger partial charge >= 0.3 is 0 Å². The third-order valence-corrected chi connectivity index (χ3v) is 15.0. The van der Waals surface area contributed by atoms with Crippen LogP contribution >= 0.6 is 23.7 Å². The number of anilines is 1. The number of halogens is 1. The minimum Gasteiger partial charge on any atom is -0.491 e. The lowest BCUT2D eigenvalue weighted by molar-refractivity contribution is -0.144. The highest BCUT2D eigenvalue weighted by Gasteiger charge is 2.45. The molecular formula is C54H71ClN8O8S. The Morgan fingerprint density at radius 1 is 0.931 bits per heavy atom. The molecule has 3 aliphatic heterocycles. The maximum atomic E-state index is 14.2. The van der Waals surface area contributed by atoms with Crippen molar-refractivity contribution >= 4 is 64.9 Å². The highest BCUT2D eigenvalue weighted by molar-refractivity contribution is 7.13. The lowest BCUT2D eigenvalue weighted by Gasteiger charge is -2.35. The molecule has 3 aromatic carbocycles. The highest BCUT2D eigenvalue weighted by atomic mass is 35.5. The SMILES string of the molecule is Cc1ccc(OC[C@H](CCC(N)=O)NC(=O)[C@@H]2Cc3cccc4c3N2C(=O)[C@@H](N)CC4)cc1CCCCCC(=O)N[C@H](C(=O)N1C[C@H](O)C[C@H]1C(=O)N[C@@H](C)c1ccc(-c2scnc2C)cc1)C(C)(C)C.Cl. The van der Waals surface area contributed by atoms with Gasteiger partial charge in [-0.2, -0.15) is 0 Å². The Kier molecular flexibility index (Phi) is 18.7. The molecule has 0 spiro atoms. The molecule has 0 radical (unpaired) electrons. The van der Waals surface area contributed by atoms with E-state index in [0.717, 1.165) is 68.9 Å². The Morgan fingerprint density at radius 2 is 1.65 bits per heavy atom. The third-order valence-electron chi connectivity index (χ3n) is 14.0. The van der Waals surface area contributed by atoms with Gasteiger partial charge in [0.05, 0.1) is 46.0 Å². The summed E-state index contributed by atoms with van der Waals surface area (Å²) in [6.07, 6.45) is 4.07. The molecule has 0 unspecified atom stereocenters. The van der Waals surface area contributed by atoms with Crippen molar-refractivity contribution in [3.8, 4) is 16.2 Å². The molecule has 1 saturated heterocycles. The average Bonchev–Trinajstić information content (AvgIpc) is 4.05. The van der Waals surface area contributed by atoms with Gasteiger partial charge in [-0.1, -0.05) is 75.7 Å². The topological polar surface area (TPSA) is 239 Å².